The number of hydrogen-bond donors (Lipinski definition) is 0. The van der Waals surface area contributed by atoms with Crippen LogP contribution in [0.2, 0.25) is 0 Å². The molecule has 0 fully saturated rings. The van der Waals surface area contributed by atoms with Gasteiger partial charge in [-0.3, -0.25) is 9.59 Å². The van der Waals surface area contributed by atoms with E-state index in [0.717, 1.165) is 0 Å². The first-order valence-corrected chi connectivity index (χ1v) is 5.99. The van der Waals surface area contributed by atoms with Gasteiger partial charge >= 0.3 is 0 Å². The fourth-order valence-electron chi connectivity index (χ4n) is 2.40. The van der Waals surface area contributed by atoms with Crippen LogP contribution in [-0.2, 0) is 0 Å². The molecule has 0 unspecified atom stereocenters. The Bertz CT molecular complexity index is 877. The maximum atomic E-state index is 12.5. The zero-order valence-electron chi connectivity index (χ0n) is 10.9. The highest BCUT2D eigenvalue weighted by atomic mass is 20.0. The van der Waals surface area contributed by atoms with Crippen LogP contribution in [0.5, 0.6) is 0 Å². The maximum absolute atomic E-state index is 12.5. The summed E-state index contributed by atoms with van der Waals surface area (Å²) in [5.74, 6) is -0.681. The highest BCUT2D eigenvalue weighted by molar-refractivity contribution is 6.29. The summed E-state index contributed by atoms with van der Waals surface area (Å²) in [6.45, 7) is 0. The molecule has 0 amide bonds. The lowest BCUT2D eigenvalue weighted by Crippen LogP contribution is -2.22. The molecule has 1 aliphatic carbocycles. The smallest absolute Gasteiger partial charge is 0.195 e. The SMILES string of the molecule is FF.N#Cc1ccc2c(c1C#N)C(=O)c1ccccc1C2=O. The van der Waals surface area contributed by atoms with Crippen LogP contribution in [0.15, 0.2) is 36.4 Å². The third kappa shape index (κ3) is 2.04. The minimum Gasteiger partial charge on any atom is -0.289 e. The zero-order valence-corrected chi connectivity index (χ0v) is 10.9. The first kappa shape index (κ1) is 15.0. The largest absolute Gasteiger partial charge is 0.289 e. The number of halogens is 2. The van der Waals surface area contributed by atoms with Crippen LogP contribution in [-0.4, -0.2) is 11.6 Å². The van der Waals surface area contributed by atoms with Crippen molar-refractivity contribution in [3.05, 3.63) is 69.8 Å². The molecular formula is C16H6F2N2O2. The summed E-state index contributed by atoms with van der Waals surface area (Å²) in [5, 5.41) is 18.2. The van der Waals surface area contributed by atoms with E-state index in [-0.39, 0.29) is 39.4 Å². The normalized spacial score (nSPS) is 11.3. The molecule has 0 radical (unpaired) electrons. The summed E-state index contributed by atoms with van der Waals surface area (Å²) in [6, 6.07) is 13.1. The van der Waals surface area contributed by atoms with Gasteiger partial charge in [0, 0.05) is 25.8 Å². The van der Waals surface area contributed by atoms with E-state index in [2.05, 4.69) is 0 Å². The molecule has 0 atom stereocenters. The van der Waals surface area contributed by atoms with E-state index in [1.165, 1.54) is 12.1 Å². The number of benzene rings is 2. The van der Waals surface area contributed by atoms with Crippen LogP contribution >= 0.6 is 0 Å². The number of ketones is 2. The Hall–Kier alpha value is -3.38. The number of fused-ring (bicyclic) bond motifs is 2. The van der Waals surface area contributed by atoms with Gasteiger partial charge in [0.25, 0.3) is 0 Å². The van der Waals surface area contributed by atoms with Crippen molar-refractivity contribution >= 4 is 11.6 Å². The van der Waals surface area contributed by atoms with Gasteiger partial charge < -0.3 is 0 Å². The average molecular weight is 296 g/mol. The van der Waals surface area contributed by atoms with Gasteiger partial charge in [-0.1, -0.05) is 24.3 Å². The summed E-state index contributed by atoms with van der Waals surface area (Å²) >= 11 is 0. The van der Waals surface area contributed by atoms with Crippen molar-refractivity contribution in [1.29, 1.82) is 10.5 Å². The molecule has 6 heteroatoms. The molecule has 2 aromatic carbocycles. The molecule has 0 saturated heterocycles. The van der Waals surface area contributed by atoms with E-state index >= 15 is 0 Å². The standard InChI is InChI=1S/C16H6N2O2.F2/c17-7-9-5-6-12-14(13(9)8-18)16(20)11-4-2-1-3-10(11)15(12)19;1-2/h1-6H;. The number of nitriles is 2. The first-order chi connectivity index (χ1) is 10.7. The summed E-state index contributed by atoms with van der Waals surface area (Å²) in [4.78, 5) is 24.9. The lowest BCUT2D eigenvalue weighted by Gasteiger charge is -2.18. The van der Waals surface area contributed by atoms with Crippen molar-refractivity contribution in [3.63, 3.8) is 0 Å². The molecule has 3 rings (SSSR count). The van der Waals surface area contributed by atoms with Crippen molar-refractivity contribution in [2.24, 2.45) is 0 Å². The predicted molar refractivity (Wildman–Crippen MR) is 71.4 cm³/mol. The zero-order chi connectivity index (χ0) is 16.3. The molecule has 0 aromatic heterocycles. The second-order valence-corrected chi connectivity index (χ2v) is 4.34. The average Bonchev–Trinajstić information content (AvgIpc) is 2.60. The second kappa shape index (κ2) is 5.94. The van der Waals surface area contributed by atoms with Gasteiger partial charge in [-0.2, -0.15) is 10.5 Å². The molecule has 106 valence electrons. The Morgan fingerprint density at radius 3 is 1.91 bits per heavy atom. The Kier molecular flexibility index (Phi) is 4.06. The molecule has 4 nitrogen and oxygen atoms in total. The molecule has 0 heterocycles. The van der Waals surface area contributed by atoms with Crippen molar-refractivity contribution in [1.82, 2.24) is 0 Å². The summed E-state index contributed by atoms with van der Waals surface area (Å²) in [6.07, 6.45) is 0. The number of rotatable bonds is 0. The molecule has 0 spiro atoms. The Morgan fingerprint density at radius 1 is 0.773 bits per heavy atom. The Balaban J connectivity index is 0.000000847. The van der Waals surface area contributed by atoms with E-state index in [0.29, 0.717) is 5.56 Å². The van der Waals surface area contributed by atoms with Gasteiger partial charge in [-0.25, -0.2) is 0 Å². The number of hydrogen-bond acceptors (Lipinski definition) is 4. The van der Waals surface area contributed by atoms with Gasteiger partial charge in [0.05, 0.1) is 16.7 Å². The van der Waals surface area contributed by atoms with Crippen LogP contribution < -0.4 is 0 Å². The molecule has 22 heavy (non-hydrogen) atoms. The number of nitrogens with zero attached hydrogens (tertiary/aromatic N) is 2. The van der Waals surface area contributed by atoms with Crippen molar-refractivity contribution < 1.29 is 18.7 Å². The molecule has 0 saturated carbocycles. The first-order valence-electron chi connectivity index (χ1n) is 5.99. The second-order valence-electron chi connectivity index (χ2n) is 4.34. The fraction of sp³-hybridized carbons (Fsp3) is 0. The fourth-order valence-corrected chi connectivity index (χ4v) is 2.40. The maximum Gasteiger partial charge on any atom is 0.195 e. The van der Waals surface area contributed by atoms with Crippen LogP contribution in [0.25, 0.3) is 0 Å². The van der Waals surface area contributed by atoms with E-state index in [1.807, 2.05) is 12.1 Å². The number of carbonyl (C=O) groups is 2. The lowest BCUT2D eigenvalue weighted by atomic mass is 9.81. The Morgan fingerprint density at radius 2 is 1.36 bits per heavy atom. The van der Waals surface area contributed by atoms with Crippen molar-refractivity contribution in [3.8, 4) is 12.1 Å². The van der Waals surface area contributed by atoms with E-state index < -0.39 is 0 Å². The monoisotopic (exact) mass is 296 g/mol. The van der Waals surface area contributed by atoms with Crippen LogP contribution in [0.3, 0.4) is 0 Å². The molecular weight excluding hydrogens is 290 g/mol. The van der Waals surface area contributed by atoms with Gasteiger partial charge in [-0.15, -0.1) is 0 Å². The van der Waals surface area contributed by atoms with E-state index in [9.17, 15) is 14.9 Å². The third-order valence-corrected chi connectivity index (χ3v) is 3.33. The van der Waals surface area contributed by atoms with E-state index in [4.69, 9.17) is 14.4 Å². The predicted octanol–water partition coefficient (Wildman–Crippen LogP) is 3.05. The highest BCUT2D eigenvalue weighted by Crippen LogP contribution is 2.30. The molecule has 0 aliphatic heterocycles. The van der Waals surface area contributed by atoms with E-state index in [1.54, 1.807) is 24.3 Å². The Labute approximate surface area is 123 Å². The van der Waals surface area contributed by atoms with Crippen LogP contribution in [0.4, 0.5) is 9.15 Å². The molecule has 0 N–H and O–H groups in total. The van der Waals surface area contributed by atoms with Crippen LogP contribution in [0.1, 0.15) is 43.0 Å². The van der Waals surface area contributed by atoms with Gasteiger partial charge in [-0.05, 0) is 12.1 Å². The quantitative estimate of drug-likeness (QED) is 0.638. The third-order valence-electron chi connectivity index (χ3n) is 3.33. The summed E-state index contributed by atoms with van der Waals surface area (Å²) < 4.78 is 16.0. The summed E-state index contributed by atoms with van der Waals surface area (Å²) in [7, 11) is 0. The van der Waals surface area contributed by atoms with Gasteiger partial charge in [0.2, 0.25) is 0 Å². The molecule has 1 aliphatic rings. The lowest BCUT2D eigenvalue weighted by molar-refractivity contribution is 0.0979. The topological polar surface area (TPSA) is 81.7 Å². The molecule has 2 aromatic rings. The number of carbonyl (C=O) groups excluding carboxylic acids is 2. The summed E-state index contributed by atoms with van der Waals surface area (Å²) in [5.41, 5.74) is 0.902. The van der Waals surface area contributed by atoms with Crippen molar-refractivity contribution in [2.75, 3.05) is 0 Å². The minimum absolute atomic E-state index is 0.0298. The minimum atomic E-state index is -0.385. The van der Waals surface area contributed by atoms with Gasteiger partial charge in [0.15, 0.2) is 11.6 Å². The van der Waals surface area contributed by atoms with Gasteiger partial charge in [0.1, 0.15) is 12.1 Å². The van der Waals surface area contributed by atoms with Crippen molar-refractivity contribution in [2.45, 2.75) is 0 Å². The highest BCUT2D eigenvalue weighted by Gasteiger charge is 2.32. The molecule has 0 bridgehead atoms. The van der Waals surface area contributed by atoms with Crippen LogP contribution in [0, 0.1) is 22.7 Å².